The SMILES string of the molecule is Cc1cccc(C)c1N1B2N(c3c(C)cccc3C)c3ccc[n+](C)c3N2c2c(C)cccc21.Cc1cccc2c1N1B(N2c2c(-c3ccccc3)cccc2-c2ccccc2)N(c2c(-c3ccccc3)cccc2-c2ccccc2)c2ccc[n+](C)c21.Cc1cccc2c1N1B(N2c2c(C(C)C)cccc2C(C)C)N(c2c(C(C)C)cccc2C(C)C)c2ccc[n+](C)c21. The number of anilines is 18. The summed E-state index contributed by atoms with van der Waals surface area (Å²) < 4.78 is 6.86. The molecule has 9 heterocycles. The van der Waals surface area contributed by atoms with E-state index < -0.39 is 0 Å². The summed E-state index contributed by atoms with van der Waals surface area (Å²) in [5, 5.41) is 0. The number of hydrogen-bond donors (Lipinski definition) is 0. The van der Waals surface area contributed by atoms with Crippen LogP contribution in [0.5, 0.6) is 0 Å². The predicted octanol–water partition coefficient (Wildman–Crippen LogP) is 28.1. The highest BCUT2D eigenvalue weighted by Crippen LogP contribution is 2.64. The number of aryl methyl sites for hydroxylation is 10. The zero-order valence-electron chi connectivity index (χ0n) is 78.2. The maximum Gasteiger partial charge on any atom is 0.644 e. The molecule has 0 radical (unpaired) electrons. The Labute approximate surface area is 770 Å². The van der Waals surface area contributed by atoms with Crippen molar-refractivity contribution in [2.45, 2.75) is 128 Å². The van der Waals surface area contributed by atoms with E-state index in [1.165, 1.54) is 197 Å². The highest BCUT2D eigenvalue weighted by Gasteiger charge is 2.67. The van der Waals surface area contributed by atoms with Crippen LogP contribution in [0.4, 0.5) is 103 Å². The molecule has 6 aliphatic heterocycles. The zero-order valence-corrected chi connectivity index (χ0v) is 78.2. The van der Waals surface area contributed by atoms with Crippen LogP contribution in [0.2, 0.25) is 0 Å². The topological polar surface area (TPSA) is 40.8 Å². The van der Waals surface area contributed by atoms with E-state index in [0.29, 0.717) is 23.7 Å². The molecule has 640 valence electrons. The van der Waals surface area contributed by atoms with Gasteiger partial charge in [0.2, 0.25) is 0 Å². The summed E-state index contributed by atoms with van der Waals surface area (Å²) in [6.07, 6.45) is 6.53. The minimum atomic E-state index is -0.274. The van der Waals surface area contributed by atoms with Gasteiger partial charge in [0, 0.05) is 50.7 Å². The molecule has 0 fully saturated rings. The summed E-state index contributed by atoms with van der Waals surface area (Å²) in [5.74, 6) is 5.18. The Kier molecular flexibility index (Phi) is 21.8. The van der Waals surface area contributed by atoms with Gasteiger partial charge in [-0.15, -0.1) is 0 Å². The fourth-order valence-electron chi connectivity index (χ4n) is 21.8. The highest BCUT2D eigenvalue weighted by atomic mass is 15.5. The molecule has 130 heavy (non-hydrogen) atoms. The highest BCUT2D eigenvalue weighted by molar-refractivity contribution is 6.82. The van der Waals surface area contributed by atoms with Crippen LogP contribution in [0.25, 0.3) is 44.5 Å². The zero-order chi connectivity index (χ0) is 89.9. The van der Waals surface area contributed by atoms with Gasteiger partial charge in [-0.2, -0.15) is 0 Å². The number of pyridine rings is 3. The van der Waals surface area contributed by atoms with E-state index in [9.17, 15) is 0 Å². The third-order valence-electron chi connectivity index (χ3n) is 27.5. The average Bonchev–Trinajstić information content (AvgIpc) is 1.52. The molecule has 0 spiro atoms. The average molecular weight is 1700 g/mol. The van der Waals surface area contributed by atoms with Crippen molar-refractivity contribution < 1.29 is 13.7 Å². The van der Waals surface area contributed by atoms with E-state index in [1.807, 2.05) is 0 Å². The second kappa shape index (κ2) is 33.7. The summed E-state index contributed by atoms with van der Waals surface area (Å²) in [6.45, 7) is 34.3. The summed E-state index contributed by atoms with van der Waals surface area (Å²) in [7, 11) is 6.15. The monoisotopic (exact) mass is 1700 g/mol. The number of rotatable bonds is 14. The molecule has 0 N–H and O–H groups in total. The van der Waals surface area contributed by atoms with Crippen molar-refractivity contribution >= 4 is 124 Å². The molecule has 6 aliphatic rings. The van der Waals surface area contributed by atoms with E-state index in [-0.39, 0.29) is 21.4 Å². The van der Waals surface area contributed by atoms with Gasteiger partial charge in [0.15, 0.2) is 0 Å². The maximum atomic E-state index is 2.67. The molecular formula is C115H114B3N12+3. The Bertz CT molecular complexity index is 6440. The first-order chi connectivity index (χ1) is 63.1. The van der Waals surface area contributed by atoms with Gasteiger partial charge in [-0.1, -0.05) is 322 Å². The number of benzene rings is 13. The third kappa shape index (κ3) is 13.6. The van der Waals surface area contributed by atoms with Crippen LogP contribution >= 0.6 is 0 Å². The second-order valence-electron chi connectivity index (χ2n) is 37.2. The number of aromatic nitrogens is 3. The molecule has 0 bridgehead atoms. The maximum absolute atomic E-state index is 2.67. The van der Waals surface area contributed by atoms with Crippen LogP contribution in [-0.2, 0) is 21.1 Å². The van der Waals surface area contributed by atoms with Crippen LogP contribution in [0.1, 0.15) is 140 Å². The Morgan fingerprint density at radius 2 is 0.385 bits per heavy atom. The molecule has 0 unspecified atom stereocenters. The van der Waals surface area contributed by atoms with Gasteiger partial charge < -0.3 is 28.9 Å². The number of hydrogen-bond acceptors (Lipinski definition) is 9. The fourth-order valence-corrected chi connectivity index (χ4v) is 21.8. The molecule has 16 aromatic rings. The first-order valence-electron chi connectivity index (χ1n) is 46.4. The van der Waals surface area contributed by atoms with Crippen molar-refractivity contribution in [1.82, 2.24) is 0 Å². The fraction of sp³-hybridized carbons (Fsp3) is 0.191. The largest absolute Gasteiger partial charge is 0.644 e. The van der Waals surface area contributed by atoms with Crippen molar-refractivity contribution in [1.29, 1.82) is 0 Å². The number of nitrogens with zero attached hydrogens (tertiary/aromatic N) is 12. The van der Waals surface area contributed by atoms with Crippen LogP contribution in [0.15, 0.2) is 340 Å². The number of para-hydroxylation sites is 9. The molecular weight excluding hydrogens is 1580 g/mol. The Morgan fingerprint density at radius 1 is 0.185 bits per heavy atom. The van der Waals surface area contributed by atoms with E-state index in [1.54, 1.807) is 0 Å². The number of fused-ring (bicyclic) bond motifs is 15. The molecule has 3 aromatic heterocycles. The van der Waals surface area contributed by atoms with Crippen molar-refractivity contribution in [3.05, 3.63) is 401 Å². The van der Waals surface area contributed by atoms with Crippen molar-refractivity contribution in [2.75, 3.05) is 43.3 Å². The van der Waals surface area contributed by atoms with Crippen LogP contribution in [-0.4, -0.2) is 21.4 Å². The predicted molar refractivity (Wildman–Crippen MR) is 549 cm³/mol. The van der Waals surface area contributed by atoms with Crippen LogP contribution in [0.3, 0.4) is 0 Å². The second-order valence-corrected chi connectivity index (χ2v) is 37.2. The lowest BCUT2D eigenvalue weighted by molar-refractivity contribution is -0.657. The van der Waals surface area contributed by atoms with E-state index in [0.717, 1.165) is 11.5 Å². The molecule has 0 aliphatic carbocycles. The third-order valence-corrected chi connectivity index (χ3v) is 27.5. The van der Waals surface area contributed by atoms with E-state index >= 15 is 0 Å². The summed E-state index contributed by atoms with van der Waals surface area (Å²) in [5.41, 5.74) is 42.8. The van der Waals surface area contributed by atoms with Gasteiger partial charge in [-0.3, -0.25) is 0 Å². The van der Waals surface area contributed by atoms with E-state index in [2.05, 4.69) is 522 Å². The van der Waals surface area contributed by atoms with Crippen molar-refractivity contribution in [3.8, 4) is 44.5 Å². The Balaban J connectivity index is 0.000000126. The first-order valence-corrected chi connectivity index (χ1v) is 46.4. The van der Waals surface area contributed by atoms with Gasteiger partial charge >= 0.3 is 21.4 Å². The molecule has 12 nitrogen and oxygen atoms in total. The van der Waals surface area contributed by atoms with Crippen molar-refractivity contribution in [3.63, 3.8) is 0 Å². The molecule has 0 saturated carbocycles. The molecule has 0 amide bonds. The normalized spacial score (nSPS) is 13.6. The van der Waals surface area contributed by atoms with Gasteiger partial charge in [-0.25, -0.2) is 28.1 Å². The van der Waals surface area contributed by atoms with Gasteiger partial charge in [0.1, 0.15) is 34.1 Å². The van der Waals surface area contributed by atoms with Crippen LogP contribution < -0.4 is 57.0 Å². The summed E-state index contributed by atoms with van der Waals surface area (Å²) in [4.78, 5) is 23.4. The van der Waals surface area contributed by atoms with Gasteiger partial charge in [0.25, 0.3) is 17.5 Å². The molecule has 0 atom stereocenters. The van der Waals surface area contributed by atoms with Gasteiger partial charge in [0.05, 0.1) is 62.5 Å². The van der Waals surface area contributed by atoms with Crippen molar-refractivity contribution in [2.24, 2.45) is 21.1 Å². The first kappa shape index (κ1) is 83.9. The lowest BCUT2D eigenvalue weighted by atomic mass is 9.80. The minimum absolute atomic E-state index is 0.0284. The molecule has 13 aromatic carbocycles. The quantitative estimate of drug-likeness (QED) is 0.0782. The standard InChI is InChI=1S/C49H38BN4.C37H46BN4.C29H30BN4/c1-35-19-15-32-44-46(35)54-49-45(33-18-34-51(49)2)53(48-42(38-24-11-5-12-25-38)30-17-31-43(48)39-26-13-6-14-27-39)50(54)52(44)47-40(36-20-7-3-8-21-36)28-16-29-41(47)37-22-9-4-10-23-37;1-23(2)28-16-12-17-29(24(3)4)35(28)40-32-20-11-15-27(9)34(32)42-37-33(21-14-22-39(37)10)41(38(40)42)36-30(25(5)6)18-13-19-31(36)26(7)8;1-19-11-7-12-20(2)26(19)32-24-16-9-15-23(5)28(24)34-29-25(17-10-18-31(29)6)33(30(32)34)27-21(3)13-8-14-22(27)4/h3-34H,1-2H3;11-26H,1-10H3;7-18H,1-6H3/q3*+1. The summed E-state index contributed by atoms with van der Waals surface area (Å²) >= 11 is 0. The summed E-state index contributed by atoms with van der Waals surface area (Å²) in [6, 6.07) is 118. The lowest BCUT2D eigenvalue weighted by Crippen LogP contribution is -2.53. The Morgan fingerprint density at radius 3 is 0.654 bits per heavy atom. The van der Waals surface area contributed by atoms with E-state index in [4.69, 9.17) is 0 Å². The Hall–Kier alpha value is -14.3. The van der Waals surface area contributed by atoms with Gasteiger partial charge in [-0.05, 0) is 210 Å². The smallest absolute Gasteiger partial charge is 0.318 e. The lowest BCUT2D eigenvalue weighted by Gasteiger charge is -2.34. The molecule has 0 saturated heterocycles. The van der Waals surface area contributed by atoms with Crippen LogP contribution in [0, 0.1) is 48.5 Å². The molecule has 22 rings (SSSR count). The minimum Gasteiger partial charge on any atom is -0.318 e. The molecule has 15 heteroatoms.